The summed E-state index contributed by atoms with van der Waals surface area (Å²) in [5.41, 5.74) is 1.51. The average molecular weight is 304 g/mol. The Kier molecular flexibility index (Phi) is 4.37. The van der Waals surface area contributed by atoms with Crippen LogP contribution in [0.1, 0.15) is 51.0 Å². The van der Waals surface area contributed by atoms with E-state index in [1.54, 1.807) is 0 Å². The molecule has 1 aromatic rings. The van der Waals surface area contributed by atoms with Crippen LogP contribution >= 0.6 is 0 Å². The summed E-state index contributed by atoms with van der Waals surface area (Å²) < 4.78 is 14.7. The van der Waals surface area contributed by atoms with Crippen LogP contribution in [-0.4, -0.2) is 36.5 Å². The first-order valence-corrected chi connectivity index (χ1v) is 8.40. The molecule has 3 rings (SSSR count). The zero-order valence-corrected chi connectivity index (χ0v) is 13.5. The summed E-state index contributed by atoms with van der Waals surface area (Å²) in [6.45, 7) is 6.60. The van der Waals surface area contributed by atoms with Gasteiger partial charge >= 0.3 is 0 Å². The van der Waals surface area contributed by atoms with E-state index in [1.165, 1.54) is 0 Å². The summed E-state index contributed by atoms with van der Waals surface area (Å²) in [6.07, 6.45) is 3.57. The van der Waals surface area contributed by atoms with Crippen LogP contribution < -0.4 is 4.90 Å². The number of benzene rings is 1. The van der Waals surface area contributed by atoms with Crippen molar-refractivity contribution in [3.8, 4) is 0 Å². The second kappa shape index (κ2) is 6.27. The van der Waals surface area contributed by atoms with E-state index in [-0.39, 0.29) is 11.7 Å². The van der Waals surface area contributed by atoms with Crippen LogP contribution in [-0.2, 0) is 4.79 Å². The fourth-order valence-electron chi connectivity index (χ4n) is 3.70. The quantitative estimate of drug-likeness (QED) is 0.853. The first kappa shape index (κ1) is 15.3. The first-order valence-electron chi connectivity index (χ1n) is 8.40. The third-order valence-electron chi connectivity index (χ3n) is 4.99. The lowest BCUT2D eigenvalue weighted by Crippen LogP contribution is -2.45. The highest BCUT2D eigenvalue weighted by Crippen LogP contribution is 2.30. The van der Waals surface area contributed by atoms with E-state index in [0.717, 1.165) is 50.1 Å². The predicted octanol–water partition coefficient (Wildman–Crippen LogP) is 3.54. The molecular formula is C18H25FN2O. The molecule has 2 aliphatic heterocycles. The molecule has 0 saturated carbocycles. The molecule has 2 aliphatic rings. The maximum absolute atomic E-state index is 14.7. The van der Waals surface area contributed by atoms with Gasteiger partial charge in [0.15, 0.2) is 0 Å². The minimum Gasteiger partial charge on any atom is -0.369 e. The molecule has 0 aromatic heterocycles. The third kappa shape index (κ3) is 2.83. The lowest BCUT2D eigenvalue weighted by molar-refractivity contribution is -0.130. The van der Waals surface area contributed by atoms with Crippen LogP contribution in [0.25, 0.3) is 0 Å². The van der Waals surface area contributed by atoms with E-state index < -0.39 is 0 Å². The van der Waals surface area contributed by atoms with Crippen LogP contribution in [0.5, 0.6) is 0 Å². The molecule has 0 spiro atoms. The number of hydrogen-bond acceptors (Lipinski definition) is 2. The molecule has 22 heavy (non-hydrogen) atoms. The van der Waals surface area contributed by atoms with Crippen LogP contribution in [0.4, 0.5) is 10.1 Å². The molecule has 0 bridgehead atoms. The van der Waals surface area contributed by atoms with Crippen molar-refractivity contribution < 1.29 is 9.18 Å². The molecule has 0 N–H and O–H groups in total. The molecule has 3 nitrogen and oxygen atoms in total. The van der Waals surface area contributed by atoms with Crippen LogP contribution in [0.2, 0.25) is 0 Å². The van der Waals surface area contributed by atoms with E-state index in [1.807, 2.05) is 36.9 Å². The van der Waals surface area contributed by atoms with Gasteiger partial charge in [-0.25, -0.2) is 4.39 Å². The van der Waals surface area contributed by atoms with Gasteiger partial charge in [0.05, 0.1) is 5.69 Å². The number of rotatable bonds is 3. The summed E-state index contributed by atoms with van der Waals surface area (Å²) in [4.78, 5) is 16.0. The van der Waals surface area contributed by atoms with Gasteiger partial charge in [-0.3, -0.25) is 4.79 Å². The second-order valence-corrected chi connectivity index (χ2v) is 6.74. The predicted molar refractivity (Wildman–Crippen MR) is 86.7 cm³/mol. The van der Waals surface area contributed by atoms with Crippen molar-refractivity contribution >= 4 is 11.6 Å². The molecule has 0 radical (unpaired) electrons. The SMILES string of the molecule is CC(C)c1cccc(N2CCC(N3CCCC3=O)CC2)c1F. The number of nitrogens with zero attached hydrogens (tertiary/aromatic N) is 2. The van der Waals surface area contributed by atoms with Gasteiger partial charge in [0.25, 0.3) is 0 Å². The number of anilines is 1. The summed E-state index contributed by atoms with van der Waals surface area (Å²) >= 11 is 0. The number of carbonyl (C=O) groups is 1. The Bertz CT molecular complexity index is 550. The summed E-state index contributed by atoms with van der Waals surface area (Å²) in [7, 11) is 0. The second-order valence-electron chi connectivity index (χ2n) is 6.74. The zero-order chi connectivity index (χ0) is 15.7. The van der Waals surface area contributed by atoms with Crippen LogP contribution in [0.15, 0.2) is 18.2 Å². The van der Waals surface area contributed by atoms with E-state index in [0.29, 0.717) is 18.4 Å². The number of halogens is 1. The molecule has 2 heterocycles. The molecule has 4 heteroatoms. The minimum atomic E-state index is -0.0757. The summed E-state index contributed by atoms with van der Waals surface area (Å²) in [6, 6.07) is 6.05. The maximum atomic E-state index is 14.7. The third-order valence-corrected chi connectivity index (χ3v) is 4.99. The fraction of sp³-hybridized carbons (Fsp3) is 0.611. The molecular weight excluding hydrogens is 279 g/mol. The van der Waals surface area contributed by atoms with Crippen molar-refractivity contribution in [2.24, 2.45) is 0 Å². The Morgan fingerprint density at radius 3 is 2.50 bits per heavy atom. The van der Waals surface area contributed by atoms with E-state index in [9.17, 15) is 9.18 Å². The highest BCUT2D eigenvalue weighted by Gasteiger charge is 2.31. The Hall–Kier alpha value is -1.58. The molecule has 1 amide bonds. The van der Waals surface area contributed by atoms with Gasteiger partial charge in [0.2, 0.25) is 5.91 Å². The van der Waals surface area contributed by atoms with Crippen molar-refractivity contribution in [1.82, 2.24) is 4.90 Å². The first-order chi connectivity index (χ1) is 10.6. The maximum Gasteiger partial charge on any atom is 0.222 e. The Balaban J connectivity index is 1.69. The molecule has 1 aromatic carbocycles. The monoisotopic (exact) mass is 304 g/mol. The van der Waals surface area contributed by atoms with Crippen LogP contribution in [0, 0.1) is 5.82 Å². The molecule has 0 unspecified atom stereocenters. The summed E-state index contributed by atoms with van der Waals surface area (Å²) in [5, 5.41) is 0. The van der Waals surface area contributed by atoms with Crippen molar-refractivity contribution in [2.75, 3.05) is 24.5 Å². The van der Waals surface area contributed by atoms with Crippen molar-refractivity contribution in [3.05, 3.63) is 29.6 Å². The number of likely N-dealkylation sites (tertiary alicyclic amines) is 1. The summed E-state index contributed by atoms with van der Waals surface area (Å²) in [5.74, 6) is 0.416. The van der Waals surface area contributed by atoms with E-state index in [4.69, 9.17) is 0 Å². The largest absolute Gasteiger partial charge is 0.369 e. The fourth-order valence-corrected chi connectivity index (χ4v) is 3.70. The lowest BCUT2D eigenvalue weighted by Gasteiger charge is -2.38. The van der Waals surface area contributed by atoms with Crippen molar-refractivity contribution in [2.45, 2.75) is 51.5 Å². The number of hydrogen-bond donors (Lipinski definition) is 0. The lowest BCUT2D eigenvalue weighted by atomic mass is 9.99. The Morgan fingerprint density at radius 1 is 1.18 bits per heavy atom. The zero-order valence-electron chi connectivity index (χ0n) is 13.5. The Morgan fingerprint density at radius 2 is 1.91 bits per heavy atom. The number of piperidine rings is 1. The van der Waals surface area contributed by atoms with E-state index in [2.05, 4.69) is 4.90 Å². The van der Waals surface area contributed by atoms with Crippen molar-refractivity contribution in [1.29, 1.82) is 0 Å². The normalized spacial score (nSPS) is 20.3. The molecule has 2 fully saturated rings. The Labute approximate surface area is 132 Å². The van der Waals surface area contributed by atoms with Gasteiger partial charge in [0.1, 0.15) is 5.82 Å². The highest BCUT2D eigenvalue weighted by molar-refractivity contribution is 5.78. The van der Waals surface area contributed by atoms with Gasteiger partial charge < -0.3 is 9.80 Å². The topological polar surface area (TPSA) is 23.6 Å². The van der Waals surface area contributed by atoms with Gasteiger partial charge in [-0.15, -0.1) is 0 Å². The number of amides is 1. The van der Waals surface area contributed by atoms with Gasteiger partial charge in [0, 0.05) is 32.1 Å². The van der Waals surface area contributed by atoms with Gasteiger partial charge in [-0.2, -0.15) is 0 Å². The molecule has 120 valence electrons. The van der Waals surface area contributed by atoms with Gasteiger partial charge in [-0.05, 0) is 36.8 Å². The molecule has 0 atom stereocenters. The molecule has 0 aliphatic carbocycles. The highest BCUT2D eigenvalue weighted by atomic mass is 19.1. The average Bonchev–Trinajstić information content (AvgIpc) is 2.93. The minimum absolute atomic E-state index is 0.0757. The van der Waals surface area contributed by atoms with Crippen LogP contribution in [0.3, 0.4) is 0 Å². The number of carbonyl (C=O) groups excluding carboxylic acids is 1. The standard InChI is InChI=1S/C18H25FN2O/c1-13(2)15-5-3-6-16(18(15)19)20-11-8-14(9-12-20)21-10-4-7-17(21)22/h3,5-6,13-14H,4,7-12H2,1-2H3. The van der Waals surface area contributed by atoms with E-state index >= 15 is 0 Å². The smallest absolute Gasteiger partial charge is 0.222 e. The van der Waals surface area contributed by atoms with Crippen molar-refractivity contribution in [3.63, 3.8) is 0 Å². The molecule has 2 saturated heterocycles. The van der Waals surface area contributed by atoms with Gasteiger partial charge in [-0.1, -0.05) is 26.0 Å².